The fourth-order valence-corrected chi connectivity index (χ4v) is 5.09. The number of hydrogen-bond donors (Lipinski definition) is 1. The van der Waals surface area contributed by atoms with Gasteiger partial charge in [-0.1, -0.05) is 37.3 Å². The number of anilines is 1. The monoisotopic (exact) mass is 457 g/mol. The van der Waals surface area contributed by atoms with Crippen LogP contribution in [0.1, 0.15) is 25.3 Å². The average molecular weight is 458 g/mol. The van der Waals surface area contributed by atoms with E-state index in [-0.39, 0.29) is 27.6 Å². The molecule has 1 N–H and O–H groups in total. The van der Waals surface area contributed by atoms with Crippen LogP contribution in [0.25, 0.3) is 0 Å². The number of halogens is 2. The maximum Gasteiger partial charge on any atom is 0.296 e. The average Bonchev–Trinajstić information content (AvgIpc) is 2.66. The van der Waals surface area contributed by atoms with Crippen LogP contribution in [0.3, 0.4) is 0 Å². The molecule has 1 heterocycles. The molecule has 2 rings (SSSR count). The number of nitrogens with zero attached hydrogens (tertiary/aromatic N) is 2. The topological polar surface area (TPSA) is 92.6 Å². The minimum atomic E-state index is -3.89. The van der Waals surface area contributed by atoms with Crippen molar-refractivity contribution >= 4 is 32.8 Å². The van der Waals surface area contributed by atoms with Gasteiger partial charge in [0.2, 0.25) is 0 Å². The Morgan fingerprint density at radius 1 is 1.40 bits per heavy atom. The van der Waals surface area contributed by atoms with Gasteiger partial charge in [0.1, 0.15) is 11.5 Å². The zero-order valence-electron chi connectivity index (χ0n) is 16.7. The van der Waals surface area contributed by atoms with Crippen LogP contribution in [-0.2, 0) is 15.6 Å². The summed E-state index contributed by atoms with van der Waals surface area (Å²) in [5.74, 6) is -1.26. The largest absolute Gasteiger partial charge is 0.363 e. The maximum absolute atomic E-state index is 13.0. The SMILES string of the molecule is C=C(F)/C=C\C/C(=C/CC)S(=O)(=O)Cc1cc(Cl)cc(N2CCNCC2)c1[N+](=O)[O-]. The minimum absolute atomic E-state index is 0.0296. The van der Waals surface area contributed by atoms with E-state index in [4.69, 9.17) is 11.6 Å². The van der Waals surface area contributed by atoms with E-state index in [1.165, 1.54) is 24.3 Å². The van der Waals surface area contributed by atoms with Gasteiger partial charge in [-0.15, -0.1) is 0 Å². The molecular formula is C20H25ClFN3O4S. The summed E-state index contributed by atoms with van der Waals surface area (Å²) >= 11 is 6.20. The van der Waals surface area contributed by atoms with Crippen LogP contribution in [0.5, 0.6) is 0 Å². The maximum atomic E-state index is 13.0. The van der Waals surface area contributed by atoms with E-state index in [1.54, 1.807) is 6.92 Å². The highest BCUT2D eigenvalue weighted by Crippen LogP contribution is 2.37. The molecule has 1 aromatic rings. The van der Waals surface area contributed by atoms with Gasteiger partial charge in [-0.25, -0.2) is 12.8 Å². The summed E-state index contributed by atoms with van der Waals surface area (Å²) in [6.45, 7) is 7.29. The second kappa shape index (κ2) is 10.7. The van der Waals surface area contributed by atoms with Gasteiger partial charge in [-0.2, -0.15) is 0 Å². The Balaban J connectivity index is 2.46. The van der Waals surface area contributed by atoms with Crippen LogP contribution >= 0.6 is 11.6 Å². The van der Waals surface area contributed by atoms with Crippen LogP contribution in [0.15, 0.2) is 47.7 Å². The van der Waals surface area contributed by atoms with Gasteiger partial charge in [0.05, 0.1) is 10.7 Å². The number of allylic oxidation sites excluding steroid dienone is 5. The Kier molecular flexibility index (Phi) is 8.57. The number of nitrogens with one attached hydrogen (secondary N) is 1. The first-order chi connectivity index (χ1) is 14.2. The fourth-order valence-electron chi connectivity index (χ4n) is 3.27. The standard InChI is InChI=1S/C20H25ClFN3O4S/c1-3-5-18(7-4-6-15(2)22)30(28,29)14-16-12-17(21)13-19(20(16)25(26)27)24-10-8-23-9-11-24/h4-6,12-13,23H,2-3,7-11,14H2,1H3/b6-4-,18-5-. The second-order valence-corrected chi connectivity index (χ2v) is 9.30. The molecule has 10 heteroatoms. The third kappa shape index (κ3) is 6.38. The van der Waals surface area contributed by atoms with E-state index in [0.717, 1.165) is 6.08 Å². The van der Waals surface area contributed by atoms with Crippen LogP contribution < -0.4 is 10.2 Å². The molecule has 7 nitrogen and oxygen atoms in total. The third-order valence-electron chi connectivity index (χ3n) is 4.57. The minimum Gasteiger partial charge on any atom is -0.363 e. The lowest BCUT2D eigenvalue weighted by molar-refractivity contribution is -0.384. The smallest absolute Gasteiger partial charge is 0.296 e. The van der Waals surface area contributed by atoms with E-state index >= 15 is 0 Å². The lowest BCUT2D eigenvalue weighted by atomic mass is 10.1. The Bertz CT molecular complexity index is 971. The summed E-state index contributed by atoms with van der Waals surface area (Å²) in [4.78, 5) is 13.2. The number of sulfone groups is 1. The summed E-state index contributed by atoms with van der Waals surface area (Å²) in [6.07, 6.45) is 4.39. The predicted molar refractivity (Wildman–Crippen MR) is 118 cm³/mol. The number of rotatable bonds is 9. The van der Waals surface area contributed by atoms with Crippen molar-refractivity contribution in [3.8, 4) is 0 Å². The highest BCUT2D eigenvalue weighted by Gasteiger charge is 2.29. The van der Waals surface area contributed by atoms with Crippen molar-refractivity contribution in [2.24, 2.45) is 0 Å². The normalized spacial score (nSPS) is 15.6. The molecule has 30 heavy (non-hydrogen) atoms. The van der Waals surface area contributed by atoms with Crippen LogP contribution in [0.2, 0.25) is 5.02 Å². The quantitative estimate of drug-likeness (QED) is 0.337. The van der Waals surface area contributed by atoms with Gasteiger partial charge < -0.3 is 10.2 Å². The first-order valence-electron chi connectivity index (χ1n) is 9.51. The van der Waals surface area contributed by atoms with Gasteiger partial charge >= 0.3 is 0 Å². The summed E-state index contributed by atoms with van der Waals surface area (Å²) in [7, 11) is -3.89. The fraction of sp³-hybridized carbons (Fsp3) is 0.400. The molecule has 1 saturated heterocycles. The molecule has 0 unspecified atom stereocenters. The van der Waals surface area contributed by atoms with Gasteiger partial charge in [-0.3, -0.25) is 10.1 Å². The van der Waals surface area contributed by atoms with Gasteiger partial charge in [-0.05, 0) is 24.6 Å². The molecule has 0 bridgehead atoms. The van der Waals surface area contributed by atoms with Crippen LogP contribution in [0, 0.1) is 10.1 Å². The Hall–Kier alpha value is -2.23. The molecule has 0 aliphatic carbocycles. The van der Waals surface area contributed by atoms with Crippen molar-refractivity contribution in [2.75, 3.05) is 31.1 Å². The van der Waals surface area contributed by atoms with Gasteiger partial charge in [0.25, 0.3) is 5.69 Å². The highest BCUT2D eigenvalue weighted by atomic mass is 35.5. The molecular weight excluding hydrogens is 433 g/mol. The van der Waals surface area contributed by atoms with Gasteiger partial charge in [0.15, 0.2) is 9.84 Å². The van der Waals surface area contributed by atoms with E-state index in [2.05, 4.69) is 11.9 Å². The zero-order chi connectivity index (χ0) is 22.3. The third-order valence-corrected chi connectivity index (χ3v) is 6.61. The van der Waals surface area contributed by atoms with Gasteiger partial charge in [0, 0.05) is 48.1 Å². The molecule has 0 radical (unpaired) electrons. The molecule has 1 aromatic carbocycles. The number of benzene rings is 1. The molecule has 0 aromatic heterocycles. The molecule has 1 aliphatic rings. The van der Waals surface area contributed by atoms with Crippen molar-refractivity contribution in [2.45, 2.75) is 25.5 Å². The first kappa shape index (κ1) is 24.0. The predicted octanol–water partition coefficient (Wildman–Crippen LogP) is 4.30. The van der Waals surface area contributed by atoms with Crippen molar-refractivity contribution in [1.82, 2.24) is 5.32 Å². The van der Waals surface area contributed by atoms with E-state index < -0.39 is 26.3 Å². The van der Waals surface area contributed by atoms with E-state index in [0.29, 0.717) is 38.3 Å². The molecule has 1 fully saturated rings. The summed E-state index contributed by atoms with van der Waals surface area (Å²) < 4.78 is 38.9. The number of piperazine rings is 1. The number of nitro groups is 1. The Morgan fingerprint density at radius 2 is 2.07 bits per heavy atom. The van der Waals surface area contributed by atoms with Crippen molar-refractivity contribution in [3.63, 3.8) is 0 Å². The van der Waals surface area contributed by atoms with Crippen molar-refractivity contribution in [1.29, 1.82) is 0 Å². The summed E-state index contributed by atoms with van der Waals surface area (Å²) in [6, 6.07) is 2.82. The molecule has 164 valence electrons. The van der Waals surface area contributed by atoms with Crippen molar-refractivity contribution in [3.05, 3.63) is 68.4 Å². The van der Waals surface area contributed by atoms with Crippen molar-refractivity contribution < 1.29 is 17.7 Å². The summed E-state index contributed by atoms with van der Waals surface area (Å²) in [5, 5.41) is 15.3. The lowest BCUT2D eigenvalue weighted by Crippen LogP contribution is -2.43. The molecule has 0 saturated carbocycles. The van der Waals surface area contributed by atoms with Crippen LogP contribution in [0.4, 0.5) is 15.8 Å². The molecule has 0 amide bonds. The first-order valence-corrected chi connectivity index (χ1v) is 11.5. The summed E-state index contributed by atoms with van der Waals surface area (Å²) in [5.41, 5.74) is 0.0872. The Morgan fingerprint density at radius 3 is 2.63 bits per heavy atom. The highest BCUT2D eigenvalue weighted by molar-refractivity contribution is 7.94. The molecule has 1 aliphatic heterocycles. The number of hydrogen-bond acceptors (Lipinski definition) is 6. The molecule has 0 atom stereocenters. The molecule has 0 spiro atoms. The van der Waals surface area contributed by atoms with Crippen LogP contribution in [-0.4, -0.2) is 39.5 Å². The number of nitro benzene ring substituents is 1. The van der Waals surface area contributed by atoms with E-state index in [1.807, 2.05) is 4.90 Å². The zero-order valence-corrected chi connectivity index (χ0v) is 18.3. The van der Waals surface area contributed by atoms with E-state index in [9.17, 15) is 22.9 Å². The Labute approximate surface area is 181 Å². The lowest BCUT2D eigenvalue weighted by Gasteiger charge is -2.29. The second-order valence-electron chi connectivity index (χ2n) is 6.82.